The zero-order valence-electron chi connectivity index (χ0n) is 19.8. The predicted octanol–water partition coefficient (Wildman–Crippen LogP) is 8.75. The van der Waals surface area contributed by atoms with Crippen molar-refractivity contribution < 1.29 is 0 Å². The topological polar surface area (TPSA) is 30.2 Å². The van der Waals surface area contributed by atoms with Gasteiger partial charge in [-0.25, -0.2) is 9.97 Å². The van der Waals surface area contributed by atoms with Gasteiger partial charge in [0.15, 0.2) is 0 Å². The van der Waals surface area contributed by atoms with E-state index in [4.69, 9.17) is 4.98 Å². The van der Waals surface area contributed by atoms with Gasteiger partial charge in [-0.2, -0.15) is 0 Å². The van der Waals surface area contributed by atoms with Crippen molar-refractivity contribution >= 4 is 70.4 Å². The summed E-state index contributed by atoms with van der Waals surface area (Å²) in [4.78, 5) is 9.37. The minimum Gasteiger partial charge on any atom is -0.291 e. The Labute approximate surface area is 211 Å². The number of benzene rings is 6. The summed E-state index contributed by atoms with van der Waals surface area (Å²) in [6.45, 7) is 0. The summed E-state index contributed by atoms with van der Waals surface area (Å²) < 4.78 is 1.99. The summed E-state index contributed by atoms with van der Waals surface area (Å²) in [5.74, 6) is 0.710. The first-order valence-electron chi connectivity index (χ1n) is 12.6. The van der Waals surface area contributed by atoms with Gasteiger partial charge < -0.3 is 0 Å². The van der Waals surface area contributed by atoms with Gasteiger partial charge in [0.2, 0.25) is 5.78 Å². The third-order valence-electron chi connectivity index (χ3n) is 7.98. The molecule has 0 aliphatic carbocycles. The Hall–Kier alpha value is -5.02. The number of imidazole rings is 1. The Kier molecular flexibility index (Phi) is 3.53. The quantitative estimate of drug-likeness (QED) is 0.225. The zero-order chi connectivity index (χ0) is 24.1. The maximum absolute atomic E-state index is 4.91. The van der Waals surface area contributed by atoms with E-state index in [1.807, 2.05) is 16.7 Å². The van der Waals surface area contributed by atoms with E-state index in [1.54, 1.807) is 6.20 Å². The van der Waals surface area contributed by atoms with E-state index in [1.165, 1.54) is 64.6 Å². The van der Waals surface area contributed by atoms with Gasteiger partial charge in [-0.05, 0) is 76.8 Å². The highest BCUT2D eigenvalue weighted by atomic mass is 15.1. The molecule has 0 saturated heterocycles. The van der Waals surface area contributed by atoms with Crippen molar-refractivity contribution in [3.63, 3.8) is 0 Å². The predicted molar refractivity (Wildman–Crippen MR) is 155 cm³/mol. The SMILES string of the molecule is c1cc2ccc3cccc4c5cccc6c(-c7cn8cccnc8n7)cc7cccc(c(c1)c2c34)c7c65. The molecule has 37 heavy (non-hydrogen) atoms. The van der Waals surface area contributed by atoms with Crippen LogP contribution in [0.25, 0.3) is 81.7 Å². The smallest absolute Gasteiger partial charge is 0.234 e. The first kappa shape index (κ1) is 19.2. The van der Waals surface area contributed by atoms with Gasteiger partial charge in [-0.3, -0.25) is 4.40 Å². The molecule has 9 rings (SSSR count). The van der Waals surface area contributed by atoms with Gasteiger partial charge in [0.05, 0.1) is 5.69 Å². The van der Waals surface area contributed by atoms with Crippen LogP contribution in [0.2, 0.25) is 0 Å². The minimum atomic E-state index is 0.710. The number of nitrogens with zero attached hydrogens (tertiary/aromatic N) is 3. The van der Waals surface area contributed by atoms with E-state index < -0.39 is 0 Å². The molecule has 0 spiro atoms. The first-order valence-corrected chi connectivity index (χ1v) is 12.6. The summed E-state index contributed by atoms with van der Waals surface area (Å²) in [6, 6.07) is 35.6. The molecule has 0 atom stereocenters. The normalized spacial score (nSPS) is 12.3. The van der Waals surface area contributed by atoms with Crippen LogP contribution in [-0.4, -0.2) is 14.4 Å². The van der Waals surface area contributed by atoms with Crippen LogP contribution < -0.4 is 0 Å². The van der Waals surface area contributed by atoms with E-state index in [2.05, 4.69) is 102 Å². The monoisotopic (exact) mass is 469 g/mol. The standard InChI is InChI=1S/C34H19N3/c1-6-20-14-15-21-7-2-10-25-26-12-4-13-27-28(29-19-37-17-5-16-35-34(37)36-29)18-22-8-3-11-24(32(22)33(26)27)23(9-1)30(20)31(21)25/h1-19H. The molecule has 170 valence electrons. The van der Waals surface area contributed by atoms with E-state index in [9.17, 15) is 0 Å². The Morgan fingerprint density at radius 2 is 1.08 bits per heavy atom. The molecule has 2 heterocycles. The summed E-state index contributed by atoms with van der Waals surface area (Å²) >= 11 is 0. The molecule has 0 N–H and O–H groups in total. The van der Waals surface area contributed by atoms with Gasteiger partial charge in [-0.15, -0.1) is 0 Å². The van der Waals surface area contributed by atoms with E-state index in [0.29, 0.717) is 5.78 Å². The van der Waals surface area contributed by atoms with Crippen molar-refractivity contribution in [1.82, 2.24) is 14.4 Å². The third kappa shape index (κ3) is 2.45. The average Bonchev–Trinajstić information content (AvgIpc) is 3.39. The molecule has 0 saturated carbocycles. The molecule has 0 bridgehead atoms. The molecular formula is C34H19N3. The largest absolute Gasteiger partial charge is 0.291 e. The van der Waals surface area contributed by atoms with Crippen LogP contribution in [0.15, 0.2) is 116 Å². The fourth-order valence-corrected chi connectivity index (χ4v) is 6.47. The third-order valence-corrected chi connectivity index (χ3v) is 7.98. The lowest BCUT2D eigenvalue weighted by atomic mass is 9.86. The van der Waals surface area contributed by atoms with Crippen molar-refractivity contribution in [1.29, 1.82) is 0 Å². The molecule has 2 aromatic heterocycles. The van der Waals surface area contributed by atoms with Crippen LogP contribution in [0.3, 0.4) is 0 Å². The molecule has 0 amide bonds. The molecular weight excluding hydrogens is 450 g/mol. The number of hydrogen-bond donors (Lipinski definition) is 0. The van der Waals surface area contributed by atoms with Gasteiger partial charge >= 0.3 is 0 Å². The van der Waals surface area contributed by atoms with Gasteiger partial charge in [0, 0.05) is 24.2 Å². The van der Waals surface area contributed by atoms with Gasteiger partial charge in [0.1, 0.15) is 0 Å². The number of fused-ring (bicyclic) bond motifs is 3. The average molecular weight is 470 g/mol. The Morgan fingerprint density at radius 3 is 1.76 bits per heavy atom. The maximum Gasteiger partial charge on any atom is 0.234 e. The molecule has 7 aromatic carbocycles. The summed E-state index contributed by atoms with van der Waals surface area (Å²) in [5.41, 5.74) is 2.07. The molecule has 0 aliphatic heterocycles. The van der Waals surface area contributed by atoms with Crippen LogP contribution in [0.4, 0.5) is 0 Å². The molecule has 3 heteroatoms. The van der Waals surface area contributed by atoms with Crippen molar-refractivity contribution in [2.45, 2.75) is 0 Å². The van der Waals surface area contributed by atoms with Crippen LogP contribution in [0, 0.1) is 0 Å². The summed E-state index contributed by atoms with van der Waals surface area (Å²) in [7, 11) is 0. The molecule has 3 nitrogen and oxygen atoms in total. The van der Waals surface area contributed by atoms with Gasteiger partial charge in [0.25, 0.3) is 0 Å². The molecule has 0 unspecified atom stereocenters. The van der Waals surface area contributed by atoms with Crippen molar-refractivity contribution in [2.75, 3.05) is 0 Å². The highest BCUT2D eigenvalue weighted by molar-refractivity contribution is 6.37. The lowest BCUT2D eigenvalue weighted by Crippen LogP contribution is -1.90. The summed E-state index contributed by atoms with van der Waals surface area (Å²) in [6.07, 6.45) is 5.88. The molecule has 0 radical (unpaired) electrons. The van der Waals surface area contributed by atoms with Crippen LogP contribution in [0.1, 0.15) is 0 Å². The fourth-order valence-electron chi connectivity index (χ4n) is 6.47. The van der Waals surface area contributed by atoms with E-state index in [-0.39, 0.29) is 0 Å². The lowest BCUT2D eigenvalue weighted by molar-refractivity contribution is 1.11. The van der Waals surface area contributed by atoms with E-state index in [0.717, 1.165) is 11.3 Å². The molecule has 0 aliphatic rings. The van der Waals surface area contributed by atoms with E-state index >= 15 is 0 Å². The number of aromatic nitrogens is 3. The fraction of sp³-hybridized carbons (Fsp3) is 0. The van der Waals surface area contributed by atoms with Crippen LogP contribution >= 0.6 is 0 Å². The second-order valence-electron chi connectivity index (χ2n) is 9.88. The minimum absolute atomic E-state index is 0.710. The van der Waals surface area contributed by atoms with Crippen LogP contribution in [-0.2, 0) is 0 Å². The highest BCUT2D eigenvalue weighted by Gasteiger charge is 2.18. The first-order chi connectivity index (χ1) is 18.3. The Morgan fingerprint density at radius 1 is 0.514 bits per heavy atom. The van der Waals surface area contributed by atoms with Crippen LogP contribution in [0.5, 0.6) is 0 Å². The van der Waals surface area contributed by atoms with Gasteiger partial charge in [-0.1, -0.05) is 84.9 Å². The lowest BCUT2D eigenvalue weighted by Gasteiger charge is -2.17. The second-order valence-corrected chi connectivity index (χ2v) is 9.88. The van der Waals surface area contributed by atoms with Crippen molar-refractivity contribution in [3.05, 3.63) is 116 Å². The second kappa shape index (κ2) is 6.80. The maximum atomic E-state index is 4.91. The number of rotatable bonds is 1. The summed E-state index contributed by atoms with van der Waals surface area (Å²) in [5, 5.41) is 15.4. The Bertz CT molecular complexity index is 2330. The number of hydrogen-bond acceptors (Lipinski definition) is 2. The zero-order valence-corrected chi connectivity index (χ0v) is 19.8. The van der Waals surface area contributed by atoms with Crippen molar-refractivity contribution in [3.8, 4) is 11.3 Å². The van der Waals surface area contributed by atoms with Crippen molar-refractivity contribution in [2.24, 2.45) is 0 Å². The highest BCUT2D eigenvalue weighted by Crippen LogP contribution is 2.45. The Balaban J connectivity index is 1.62. The molecule has 0 fully saturated rings. The molecule has 9 aromatic rings.